The molecule has 2 rings (SSSR count). The number of nitrogens with one attached hydrogen (secondary N) is 1. The van der Waals surface area contributed by atoms with Gasteiger partial charge < -0.3 is 11.5 Å². The van der Waals surface area contributed by atoms with Crippen LogP contribution in [0.15, 0.2) is 30.3 Å². The first-order chi connectivity index (χ1) is 13.4. The zero-order valence-corrected chi connectivity index (χ0v) is 16.4. The van der Waals surface area contributed by atoms with Crippen LogP contribution in [0.25, 0.3) is 0 Å². The van der Waals surface area contributed by atoms with E-state index in [1.165, 1.54) is 0 Å². The van der Waals surface area contributed by atoms with E-state index in [-0.39, 0.29) is 30.6 Å². The van der Waals surface area contributed by atoms with Crippen molar-refractivity contribution in [3.63, 3.8) is 0 Å². The molecule has 1 aliphatic carbocycles. The van der Waals surface area contributed by atoms with Crippen LogP contribution in [0, 0.1) is 17.8 Å². The Morgan fingerprint density at radius 2 is 1.75 bits per heavy atom. The van der Waals surface area contributed by atoms with E-state index in [1.807, 2.05) is 30.3 Å². The maximum atomic E-state index is 13.0. The Morgan fingerprint density at radius 3 is 2.29 bits per heavy atom. The highest BCUT2D eigenvalue weighted by atomic mass is 16.2. The van der Waals surface area contributed by atoms with Crippen molar-refractivity contribution in [2.45, 2.75) is 51.5 Å². The summed E-state index contributed by atoms with van der Waals surface area (Å²) in [5, 5.41) is 2.11. The van der Waals surface area contributed by atoms with E-state index in [9.17, 15) is 14.4 Å². The van der Waals surface area contributed by atoms with Gasteiger partial charge in [-0.2, -0.15) is 0 Å². The molecule has 0 heterocycles. The zero-order chi connectivity index (χ0) is 20.9. The second kappa shape index (κ2) is 12.8. The molecule has 1 fully saturated rings. The van der Waals surface area contributed by atoms with E-state index in [0.717, 1.165) is 31.2 Å². The van der Waals surface area contributed by atoms with E-state index in [2.05, 4.69) is 11.1 Å². The second-order valence-corrected chi connectivity index (χ2v) is 7.23. The van der Waals surface area contributed by atoms with Crippen LogP contribution in [0.5, 0.6) is 0 Å². The molecule has 0 spiro atoms. The quantitative estimate of drug-likeness (QED) is 0.554. The van der Waals surface area contributed by atoms with Crippen LogP contribution in [-0.4, -0.2) is 24.5 Å². The number of benzene rings is 1. The zero-order valence-electron chi connectivity index (χ0n) is 16.4. The summed E-state index contributed by atoms with van der Waals surface area (Å²) in [6, 6.07) is 9.64. The summed E-state index contributed by atoms with van der Waals surface area (Å²) in [6.45, 7) is 1.77. The average Bonchev–Trinajstić information content (AvgIpc) is 3.21. The molecule has 1 aromatic carbocycles. The molecule has 0 aliphatic heterocycles. The highest BCUT2D eigenvalue weighted by Gasteiger charge is 2.34. The lowest BCUT2D eigenvalue weighted by Gasteiger charge is -2.27. The van der Waals surface area contributed by atoms with Crippen molar-refractivity contribution in [2.24, 2.45) is 29.2 Å². The Hall–Kier alpha value is -2.54. The number of Topliss-reactive ketones (excluding diaryl/α,β-unsaturated/α-hetero) is 1. The van der Waals surface area contributed by atoms with E-state index >= 15 is 0 Å². The molecule has 5 N–H and O–H groups in total. The van der Waals surface area contributed by atoms with Gasteiger partial charge >= 0.3 is 0 Å². The standard InChI is InChI=1S/C20H28N2O3.CH3NO/c1-14(11-19(24)22-13-23)20(25)17(15-7-5-6-8-15)12-18(21)16-9-3-2-4-10-16;2-1-3/h2-4,9-10,13-15,17-18H,5-8,11-12,21H2,1H3,(H,22,23,24);1H,(H2,2,3)/t14?,17?,18-;/m0./s1. The normalized spacial score (nSPS) is 16.8. The van der Waals surface area contributed by atoms with Crippen LogP contribution in [0.3, 0.4) is 0 Å². The maximum absolute atomic E-state index is 13.0. The third kappa shape index (κ3) is 7.60. The fourth-order valence-electron chi connectivity index (χ4n) is 3.88. The molecule has 2 unspecified atom stereocenters. The molecule has 0 saturated heterocycles. The number of ketones is 1. The molecule has 7 heteroatoms. The monoisotopic (exact) mass is 389 g/mol. The topological polar surface area (TPSA) is 132 Å². The van der Waals surface area contributed by atoms with Crippen LogP contribution in [0.2, 0.25) is 0 Å². The Kier molecular flexibility index (Phi) is 10.7. The molecular formula is C21H31N3O4. The maximum Gasteiger partial charge on any atom is 0.227 e. The van der Waals surface area contributed by atoms with Crippen molar-refractivity contribution in [3.05, 3.63) is 35.9 Å². The lowest BCUT2D eigenvalue weighted by molar-refractivity contribution is -0.133. The van der Waals surface area contributed by atoms with Gasteiger partial charge in [0, 0.05) is 24.3 Å². The summed E-state index contributed by atoms with van der Waals surface area (Å²) in [5.41, 5.74) is 11.6. The molecule has 0 radical (unpaired) electrons. The Morgan fingerprint density at radius 1 is 1.18 bits per heavy atom. The smallest absolute Gasteiger partial charge is 0.227 e. The first-order valence-corrected chi connectivity index (χ1v) is 9.67. The predicted octanol–water partition coefficient (Wildman–Crippen LogP) is 1.85. The number of nitrogens with two attached hydrogens (primary N) is 2. The lowest BCUT2D eigenvalue weighted by atomic mass is 9.77. The molecule has 3 amide bonds. The van der Waals surface area contributed by atoms with Gasteiger partial charge in [0.2, 0.25) is 18.7 Å². The van der Waals surface area contributed by atoms with Gasteiger partial charge in [-0.15, -0.1) is 0 Å². The van der Waals surface area contributed by atoms with Gasteiger partial charge in [-0.3, -0.25) is 24.5 Å². The largest absolute Gasteiger partial charge is 0.372 e. The van der Waals surface area contributed by atoms with Crippen LogP contribution in [-0.2, 0) is 19.2 Å². The summed E-state index contributed by atoms with van der Waals surface area (Å²) < 4.78 is 0. The molecule has 28 heavy (non-hydrogen) atoms. The summed E-state index contributed by atoms with van der Waals surface area (Å²) in [4.78, 5) is 43.6. The van der Waals surface area contributed by atoms with Gasteiger partial charge in [0.05, 0.1) is 0 Å². The van der Waals surface area contributed by atoms with Gasteiger partial charge in [0.25, 0.3) is 0 Å². The molecule has 3 atom stereocenters. The summed E-state index contributed by atoms with van der Waals surface area (Å²) in [6.07, 6.45) is 5.65. The third-order valence-corrected chi connectivity index (χ3v) is 5.27. The SMILES string of the molecule is CC(CC(=O)NC=O)C(=O)C(C[C@H](N)c1ccccc1)C1CCCC1.NC=O. The summed E-state index contributed by atoms with van der Waals surface area (Å²) >= 11 is 0. The van der Waals surface area contributed by atoms with E-state index < -0.39 is 11.8 Å². The van der Waals surface area contributed by atoms with E-state index in [0.29, 0.717) is 18.7 Å². The Labute approximate surface area is 166 Å². The number of rotatable bonds is 9. The summed E-state index contributed by atoms with van der Waals surface area (Å²) in [5.74, 6) is -0.503. The number of amides is 3. The fraction of sp³-hybridized carbons (Fsp3) is 0.524. The molecule has 0 bridgehead atoms. The Bertz CT molecular complexity index is 630. The highest BCUT2D eigenvalue weighted by Crippen LogP contribution is 2.37. The highest BCUT2D eigenvalue weighted by molar-refractivity contribution is 5.91. The molecule has 7 nitrogen and oxygen atoms in total. The fourth-order valence-corrected chi connectivity index (χ4v) is 3.88. The number of primary amides is 1. The minimum absolute atomic E-state index is 0.0430. The van der Waals surface area contributed by atoms with E-state index in [4.69, 9.17) is 10.5 Å². The molecule has 1 saturated carbocycles. The van der Waals surface area contributed by atoms with Crippen molar-refractivity contribution in [3.8, 4) is 0 Å². The van der Waals surface area contributed by atoms with Crippen LogP contribution in [0.4, 0.5) is 0 Å². The van der Waals surface area contributed by atoms with Crippen LogP contribution < -0.4 is 16.8 Å². The number of carbonyl (C=O) groups is 4. The first kappa shape index (κ1) is 23.5. The average molecular weight is 389 g/mol. The molecule has 154 valence electrons. The minimum Gasteiger partial charge on any atom is -0.372 e. The van der Waals surface area contributed by atoms with Gasteiger partial charge in [0.15, 0.2) is 0 Å². The van der Waals surface area contributed by atoms with Crippen molar-refractivity contribution < 1.29 is 19.2 Å². The summed E-state index contributed by atoms with van der Waals surface area (Å²) in [7, 11) is 0. The minimum atomic E-state index is -0.409. The third-order valence-electron chi connectivity index (χ3n) is 5.27. The molecular weight excluding hydrogens is 358 g/mol. The Balaban J connectivity index is 0.00000122. The number of hydrogen-bond acceptors (Lipinski definition) is 5. The number of carbonyl (C=O) groups excluding carboxylic acids is 4. The molecule has 1 aromatic rings. The van der Waals surface area contributed by atoms with Gasteiger partial charge in [-0.25, -0.2) is 0 Å². The van der Waals surface area contributed by atoms with E-state index in [1.54, 1.807) is 6.92 Å². The van der Waals surface area contributed by atoms with Crippen molar-refractivity contribution >= 4 is 24.5 Å². The van der Waals surface area contributed by atoms with Crippen molar-refractivity contribution in [2.75, 3.05) is 0 Å². The molecule has 0 aromatic heterocycles. The lowest BCUT2D eigenvalue weighted by Crippen LogP contribution is -2.33. The van der Waals surface area contributed by atoms with Crippen LogP contribution in [0.1, 0.15) is 57.1 Å². The van der Waals surface area contributed by atoms with Crippen LogP contribution >= 0.6 is 0 Å². The van der Waals surface area contributed by atoms with Crippen molar-refractivity contribution in [1.82, 2.24) is 5.32 Å². The predicted molar refractivity (Wildman–Crippen MR) is 107 cm³/mol. The van der Waals surface area contributed by atoms with Gasteiger partial charge in [0.1, 0.15) is 5.78 Å². The number of hydrogen-bond donors (Lipinski definition) is 3. The number of imide groups is 1. The molecule has 1 aliphatic rings. The first-order valence-electron chi connectivity index (χ1n) is 9.67. The van der Waals surface area contributed by atoms with Crippen molar-refractivity contribution in [1.29, 1.82) is 0 Å². The second-order valence-electron chi connectivity index (χ2n) is 7.23. The van der Waals surface area contributed by atoms with Gasteiger partial charge in [-0.1, -0.05) is 50.1 Å². The van der Waals surface area contributed by atoms with Gasteiger partial charge in [-0.05, 0) is 30.7 Å².